The largest absolute Gasteiger partial charge is 0.468 e. The van der Waals surface area contributed by atoms with Crippen LogP contribution in [-0.4, -0.2) is 63.6 Å². The van der Waals surface area contributed by atoms with Gasteiger partial charge in [0.2, 0.25) is 11.8 Å². The maximum absolute atomic E-state index is 13.4. The van der Waals surface area contributed by atoms with E-state index in [1.54, 1.807) is 4.90 Å². The number of hydrogen-bond acceptors (Lipinski definition) is 6. The Kier molecular flexibility index (Phi) is 9.22. The summed E-state index contributed by atoms with van der Waals surface area (Å²) in [5.74, 6) is -3.95. The van der Waals surface area contributed by atoms with Gasteiger partial charge >= 0.3 is 5.97 Å². The molecule has 1 N–H and O–H groups in total. The van der Waals surface area contributed by atoms with Crippen LogP contribution >= 0.6 is 22.6 Å². The number of piperidine rings is 1. The topological polar surface area (TPSA) is 102 Å². The van der Waals surface area contributed by atoms with Crippen LogP contribution in [0, 0.1) is 9.49 Å². The van der Waals surface area contributed by atoms with E-state index in [9.17, 15) is 19.2 Å². The van der Waals surface area contributed by atoms with Crippen molar-refractivity contribution in [3.8, 4) is 0 Å². The van der Waals surface area contributed by atoms with Gasteiger partial charge in [-0.2, -0.15) is 0 Å². The summed E-state index contributed by atoms with van der Waals surface area (Å²) in [6.07, 6.45) is 0.0585. The molecule has 1 fully saturated rings. The van der Waals surface area contributed by atoms with Gasteiger partial charge < -0.3 is 19.4 Å². The van der Waals surface area contributed by atoms with Gasteiger partial charge in [0, 0.05) is 16.5 Å². The molecule has 0 spiro atoms. The molecule has 2 atom stereocenters. The quantitative estimate of drug-likeness (QED) is 0.217. The van der Waals surface area contributed by atoms with E-state index in [0.717, 1.165) is 9.13 Å². The van der Waals surface area contributed by atoms with Gasteiger partial charge in [0.05, 0.1) is 19.8 Å². The number of carbonyl (C=O) groups excluding carboxylic acids is 4. The van der Waals surface area contributed by atoms with E-state index in [1.165, 1.54) is 7.11 Å². The van der Waals surface area contributed by atoms with Crippen LogP contribution in [0.1, 0.15) is 38.8 Å². The van der Waals surface area contributed by atoms with E-state index in [-0.39, 0.29) is 24.6 Å². The summed E-state index contributed by atoms with van der Waals surface area (Å²) in [7, 11) is -0.920. The third-order valence-corrected chi connectivity index (χ3v) is 11.6. The summed E-state index contributed by atoms with van der Waals surface area (Å²) >= 11 is 2.21. The van der Waals surface area contributed by atoms with E-state index < -0.39 is 50.4 Å². The Balaban J connectivity index is 2.32. The molecule has 2 unspecified atom stereocenters. The Labute approximate surface area is 210 Å². The smallest absolute Gasteiger partial charge is 0.325 e. The van der Waals surface area contributed by atoms with Crippen molar-refractivity contribution in [3.05, 3.63) is 33.4 Å². The van der Waals surface area contributed by atoms with Crippen LogP contribution in [0.2, 0.25) is 18.1 Å². The van der Waals surface area contributed by atoms with Crippen LogP contribution in [0.4, 0.5) is 0 Å². The minimum absolute atomic E-state index is 0.0121. The monoisotopic (exact) mass is 588 g/mol. The molecule has 1 aromatic rings. The Hall–Kier alpha value is -1.79. The second kappa shape index (κ2) is 11.1. The number of ether oxygens (including phenoxy) is 1. The summed E-state index contributed by atoms with van der Waals surface area (Å²) in [4.78, 5) is 51.5. The minimum Gasteiger partial charge on any atom is -0.468 e. The normalized spacial score (nSPS) is 18.2. The predicted octanol–water partition coefficient (Wildman–Crippen LogP) is 3.06. The van der Waals surface area contributed by atoms with Crippen molar-refractivity contribution in [3.63, 3.8) is 0 Å². The number of rotatable bonds is 8. The molecule has 1 aliphatic rings. The number of Topliss-reactive ketones (excluding diaryl/α,β-unsaturated/α-hetero) is 1. The van der Waals surface area contributed by atoms with Crippen molar-refractivity contribution in [2.45, 2.75) is 51.4 Å². The fourth-order valence-electron chi connectivity index (χ4n) is 3.24. The molecule has 8 nitrogen and oxygen atoms in total. The number of hydrogen-bond donors (Lipinski definition) is 1. The van der Waals surface area contributed by atoms with Crippen molar-refractivity contribution in [1.29, 1.82) is 0 Å². The SMILES string of the molecule is COC(=O)CNC(=O)C1C(=O)CCN(C(CO[Si](C)(C)C(C)(C)C)c2ccc(I)cc2)C1=O. The van der Waals surface area contributed by atoms with Crippen LogP contribution in [-0.2, 0) is 28.3 Å². The summed E-state index contributed by atoms with van der Waals surface area (Å²) in [5.41, 5.74) is 0.880. The molecule has 0 saturated carbocycles. The number of ketones is 1. The van der Waals surface area contributed by atoms with Gasteiger partial charge in [0.1, 0.15) is 6.54 Å². The second-order valence-corrected chi connectivity index (χ2v) is 15.7. The molecule has 0 aromatic heterocycles. The number of carbonyl (C=O) groups is 4. The first-order valence-corrected chi connectivity index (χ1v) is 14.8. The molecular weight excluding hydrogens is 555 g/mol. The number of halogens is 1. The standard InChI is InChI=1S/C23H33IN2O6Si/c1-23(2,3)33(5,6)32-14-17(15-7-9-16(24)10-8-15)26-12-11-18(27)20(22(26)30)21(29)25-13-19(28)31-4/h7-10,17,20H,11-14H2,1-6H3,(H,25,29). The van der Waals surface area contributed by atoms with E-state index >= 15 is 0 Å². The predicted molar refractivity (Wildman–Crippen MR) is 135 cm³/mol. The van der Waals surface area contributed by atoms with Gasteiger partial charge in [0.25, 0.3) is 0 Å². The van der Waals surface area contributed by atoms with Crippen molar-refractivity contribution in [2.75, 3.05) is 26.8 Å². The number of benzene rings is 1. The molecule has 1 aromatic carbocycles. The lowest BCUT2D eigenvalue weighted by atomic mass is 9.92. The van der Waals surface area contributed by atoms with Gasteiger partial charge in [-0.1, -0.05) is 32.9 Å². The van der Waals surface area contributed by atoms with E-state index in [1.807, 2.05) is 24.3 Å². The average molecular weight is 589 g/mol. The number of amides is 2. The first-order valence-electron chi connectivity index (χ1n) is 10.9. The Bertz CT molecular complexity index is 897. The van der Waals surface area contributed by atoms with Crippen molar-refractivity contribution >= 4 is 54.5 Å². The molecular formula is C23H33IN2O6Si. The van der Waals surface area contributed by atoms with Crippen LogP contribution in [0.5, 0.6) is 0 Å². The number of likely N-dealkylation sites (tertiary alicyclic amines) is 1. The number of nitrogens with one attached hydrogen (secondary N) is 1. The fraction of sp³-hybridized carbons (Fsp3) is 0.565. The van der Waals surface area contributed by atoms with Crippen LogP contribution in [0.15, 0.2) is 24.3 Å². The third kappa shape index (κ3) is 6.86. The zero-order chi connectivity index (χ0) is 25.0. The van der Waals surface area contributed by atoms with Gasteiger partial charge in [0.15, 0.2) is 20.0 Å². The van der Waals surface area contributed by atoms with Gasteiger partial charge in [-0.3, -0.25) is 19.2 Å². The molecule has 1 aliphatic heterocycles. The Morgan fingerprint density at radius 1 is 1.21 bits per heavy atom. The lowest BCUT2D eigenvalue weighted by Gasteiger charge is -2.41. The number of methoxy groups -OCH3 is 1. The number of esters is 1. The molecule has 0 radical (unpaired) electrons. The molecule has 182 valence electrons. The van der Waals surface area contributed by atoms with Crippen LogP contribution < -0.4 is 5.32 Å². The average Bonchev–Trinajstić information content (AvgIpc) is 2.73. The maximum atomic E-state index is 13.4. The highest BCUT2D eigenvalue weighted by atomic mass is 127. The Morgan fingerprint density at radius 2 is 1.82 bits per heavy atom. The third-order valence-electron chi connectivity index (χ3n) is 6.39. The van der Waals surface area contributed by atoms with Crippen LogP contribution in [0.25, 0.3) is 0 Å². The summed E-state index contributed by atoms with van der Waals surface area (Å²) < 4.78 is 12.0. The second-order valence-electron chi connectivity index (χ2n) is 9.61. The van der Waals surface area contributed by atoms with Gasteiger partial charge in [-0.25, -0.2) is 0 Å². The van der Waals surface area contributed by atoms with Gasteiger partial charge in [-0.05, 0) is 58.4 Å². The molecule has 2 amide bonds. The first-order chi connectivity index (χ1) is 15.3. The van der Waals surface area contributed by atoms with E-state index in [2.05, 4.69) is 66.5 Å². The lowest BCUT2D eigenvalue weighted by Crippen LogP contribution is -2.54. The molecule has 10 heteroatoms. The zero-order valence-electron chi connectivity index (χ0n) is 20.1. The summed E-state index contributed by atoms with van der Waals surface area (Å²) in [5, 5.41) is 2.33. The maximum Gasteiger partial charge on any atom is 0.325 e. The first kappa shape index (κ1) is 27.5. The summed E-state index contributed by atoms with van der Waals surface area (Å²) in [6, 6.07) is 7.35. The van der Waals surface area contributed by atoms with Crippen LogP contribution in [0.3, 0.4) is 0 Å². The highest BCUT2D eigenvalue weighted by Gasteiger charge is 2.44. The van der Waals surface area contributed by atoms with E-state index in [0.29, 0.717) is 0 Å². The fourth-order valence-corrected chi connectivity index (χ4v) is 4.61. The molecule has 2 rings (SSSR count). The zero-order valence-corrected chi connectivity index (χ0v) is 23.2. The molecule has 0 bridgehead atoms. The number of nitrogens with zero attached hydrogens (tertiary/aromatic N) is 1. The van der Waals surface area contributed by atoms with Gasteiger partial charge in [-0.15, -0.1) is 0 Å². The van der Waals surface area contributed by atoms with Crippen molar-refractivity contribution in [2.24, 2.45) is 5.92 Å². The molecule has 1 heterocycles. The van der Waals surface area contributed by atoms with Crippen molar-refractivity contribution < 1.29 is 28.3 Å². The highest BCUT2D eigenvalue weighted by Crippen LogP contribution is 2.38. The Morgan fingerprint density at radius 3 is 2.36 bits per heavy atom. The minimum atomic E-state index is -2.12. The van der Waals surface area contributed by atoms with E-state index in [4.69, 9.17) is 4.43 Å². The summed E-state index contributed by atoms with van der Waals surface area (Å²) in [6.45, 7) is 10.8. The molecule has 1 saturated heterocycles. The highest BCUT2D eigenvalue weighted by molar-refractivity contribution is 14.1. The van der Waals surface area contributed by atoms with Crippen molar-refractivity contribution in [1.82, 2.24) is 10.2 Å². The molecule has 33 heavy (non-hydrogen) atoms. The lowest BCUT2D eigenvalue weighted by molar-refractivity contribution is -0.154. The molecule has 0 aliphatic carbocycles.